The van der Waals surface area contributed by atoms with Gasteiger partial charge < -0.3 is 25.0 Å². The number of carboxylic acid groups (broad SMARTS) is 1. The second-order valence-electron chi connectivity index (χ2n) is 5.66. The van der Waals surface area contributed by atoms with Gasteiger partial charge in [0.25, 0.3) is 0 Å². The standard InChI is InChI=1S/C16H22N2O6/c1-23-9-15(20)17-12-7-18(8-13(12)19)6-11-4-2-3-5-14(11)24-10-16(21)22/h2-5,12-13,19H,6-10H2,1H3,(H,17,20)(H,21,22)/t12-,13-/m1/s1. The van der Waals surface area contributed by atoms with E-state index >= 15 is 0 Å². The number of para-hydroxylation sites is 1. The van der Waals surface area contributed by atoms with Crippen molar-refractivity contribution in [3.05, 3.63) is 29.8 Å². The number of likely N-dealkylation sites (tertiary alicyclic amines) is 1. The Morgan fingerprint density at radius 3 is 2.75 bits per heavy atom. The first-order valence-corrected chi connectivity index (χ1v) is 7.60. The zero-order valence-electron chi connectivity index (χ0n) is 13.5. The highest BCUT2D eigenvalue weighted by Gasteiger charge is 2.32. The summed E-state index contributed by atoms with van der Waals surface area (Å²) in [5, 5.41) is 21.6. The zero-order valence-corrected chi connectivity index (χ0v) is 13.5. The maximum absolute atomic E-state index is 11.6. The van der Waals surface area contributed by atoms with E-state index in [2.05, 4.69) is 5.32 Å². The number of aliphatic carboxylic acids is 1. The van der Waals surface area contributed by atoms with Crippen LogP contribution in [0.3, 0.4) is 0 Å². The van der Waals surface area contributed by atoms with Crippen molar-refractivity contribution < 1.29 is 29.3 Å². The number of aliphatic hydroxyl groups is 1. The van der Waals surface area contributed by atoms with Crippen LogP contribution in [0.5, 0.6) is 5.75 Å². The fraction of sp³-hybridized carbons (Fsp3) is 0.500. The van der Waals surface area contributed by atoms with Gasteiger partial charge in [-0.25, -0.2) is 4.79 Å². The highest BCUT2D eigenvalue weighted by atomic mass is 16.5. The first-order valence-electron chi connectivity index (χ1n) is 7.60. The third kappa shape index (κ3) is 5.19. The Morgan fingerprint density at radius 2 is 2.04 bits per heavy atom. The third-order valence-electron chi connectivity index (χ3n) is 3.70. The Hall–Kier alpha value is -2.16. The molecule has 1 aliphatic heterocycles. The van der Waals surface area contributed by atoms with E-state index < -0.39 is 18.7 Å². The lowest BCUT2D eigenvalue weighted by Crippen LogP contribution is -2.44. The second kappa shape index (κ2) is 8.62. The minimum absolute atomic E-state index is 0.0465. The number of carboxylic acids is 1. The molecule has 0 bridgehead atoms. The van der Waals surface area contributed by atoms with Crippen LogP contribution in [-0.2, 0) is 20.9 Å². The number of β-amino-alcohol motifs (C(OH)–C–C–N with tert-alkyl or cyclic N) is 1. The Bertz CT molecular complexity index is 579. The molecule has 0 unspecified atom stereocenters. The van der Waals surface area contributed by atoms with Crippen LogP contribution in [-0.4, -0.2) is 72.5 Å². The molecule has 1 aliphatic rings. The minimum Gasteiger partial charge on any atom is -0.482 e. The smallest absolute Gasteiger partial charge is 0.341 e. The van der Waals surface area contributed by atoms with Crippen molar-refractivity contribution >= 4 is 11.9 Å². The SMILES string of the molecule is COCC(=O)N[C@@H]1CN(Cc2ccccc2OCC(=O)O)C[C@H]1O. The molecule has 1 amide bonds. The van der Waals surface area contributed by atoms with Crippen molar-refractivity contribution in [2.75, 3.05) is 33.4 Å². The predicted molar refractivity (Wildman–Crippen MR) is 84.7 cm³/mol. The maximum atomic E-state index is 11.6. The number of rotatable bonds is 8. The fourth-order valence-electron chi connectivity index (χ4n) is 2.67. The lowest BCUT2D eigenvalue weighted by molar-refractivity contribution is -0.139. The molecular weight excluding hydrogens is 316 g/mol. The highest BCUT2D eigenvalue weighted by Crippen LogP contribution is 2.22. The summed E-state index contributed by atoms with van der Waals surface area (Å²) in [7, 11) is 1.44. The molecule has 1 saturated heterocycles. The molecule has 1 aromatic rings. The van der Waals surface area contributed by atoms with Gasteiger partial charge in [-0.1, -0.05) is 18.2 Å². The summed E-state index contributed by atoms with van der Waals surface area (Å²) in [6.07, 6.45) is -0.669. The summed E-state index contributed by atoms with van der Waals surface area (Å²) >= 11 is 0. The average molecular weight is 338 g/mol. The molecule has 0 spiro atoms. The molecule has 2 atom stereocenters. The molecule has 2 rings (SSSR count). The van der Waals surface area contributed by atoms with E-state index in [9.17, 15) is 14.7 Å². The number of aliphatic hydroxyl groups excluding tert-OH is 1. The van der Waals surface area contributed by atoms with E-state index in [-0.39, 0.29) is 18.6 Å². The van der Waals surface area contributed by atoms with Gasteiger partial charge in [-0.3, -0.25) is 9.69 Å². The quantitative estimate of drug-likeness (QED) is 0.584. The Morgan fingerprint density at radius 1 is 1.29 bits per heavy atom. The van der Waals surface area contributed by atoms with Gasteiger partial charge in [-0.15, -0.1) is 0 Å². The average Bonchev–Trinajstić information content (AvgIpc) is 2.86. The van der Waals surface area contributed by atoms with Crippen LogP contribution in [0.4, 0.5) is 0 Å². The molecule has 3 N–H and O–H groups in total. The summed E-state index contributed by atoms with van der Waals surface area (Å²) in [6, 6.07) is 6.81. The summed E-state index contributed by atoms with van der Waals surface area (Å²) in [5.74, 6) is -0.808. The van der Waals surface area contributed by atoms with Gasteiger partial charge in [0.15, 0.2) is 6.61 Å². The highest BCUT2D eigenvalue weighted by molar-refractivity contribution is 5.77. The maximum Gasteiger partial charge on any atom is 0.341 e. The van der Waals surface area contributed by atoms with Gasteiger partial charge in [-0.2, -0.15) is 0 Å². The van der Waals surface area contributed by atoms with Gasteiger partial charge in [-0.05, 0) is 6.07 Å². The van der Waals surface area contributed by atoms with Crippen LogP contribution in [0.15, 0.2) is 24.3 Å². The monoisotopic (exact) mass is 338 g/mol. The number of nitrogens with zero attached hydrogens (tertiary/aromatic N) is 1. The molecule has 0 aliphatic carbocycles. The number of carbonyl (C=O) groups excluding carboxylic acids is 1. The number of hydrogen-bond acceptors (Lipinski definition) is 6. The summed E-state index contributed by atoms with van der Waals surface area (Å²) in [5.41, 5.74) is 0.829. The Balaban J connectivity index is 1.95. The molecule has 0 aromatic heterocycles. The van der Waals surface area contributed by atoms with Gasteiger partial charge >= 0.3 is 5.97 Å². The number of benzene rings is 1. The zero-order chi connectivity index (χ0) is 17.5. The molecule has 24 heavy (non-hydrogen) atoms. The van der Waals surface area contributed by atoms with Crippen LogP contribution in [0, 0.1) is 0 Å². The van der Waals surface area contributed by atoms with Crippen molar-refractivity contribution in [2.24, 2.45) is 0 Å². The van der Waals surface area contributed by atoms with Crippen molar-refractivity contribution in [3.63, 3.8) is 0 Å². The van der Waals surface area contributed by atoms with Gasteiger partial charge in [0.2, 0.25) is 5.91 Å². The minimum atomic E-state index is -1.04. The Labute approximate surface area is 140 Å². The molecule has 1 fully saturated rings. The van der Waals surface area contributed by atoms with Crippen LogP contribution in [0.25, 0.3) is 0 Å². The number of methoxy groups -OCH3 is 1. The van der Waals surface area contributed by atoms with E-state index in [0.717, 1.165) is 5.56 Å². The topological polar surface area (TPSA) is 108 Å². The van der Waals surface area contributed by atoms with Crippen LogP contribution in [0.1, 0.15) is 5.56 Å². The van der Waals surface area contributed by atoms with Gasteiger partial charge in [0, 0.05) is 32.3 Å². The van der Waals surface area contributed by atoms with E-state index in [4.69, 9.17) is 14.6 Å². The van der Waals surface area contributed by atoms with Crippen molar-refractivity contribution in [1.82, 2.24) is 10.2 Å². The van der Waals surface area contributed by atoms with Crippen molar-refractivity contribution in [3.8, 4) is 5.75 Å². The fourth-order valence-corrected chi connectivity index (χ4v) is 2.67. The lowest BCUT2D eigenvalue weighted by atomic mass is 10.2. The van der Waals surface area contributed by atoms with Crippen LogP contribution in [0.2, 0.25) is 0 Å². The molecular formula is C16H22N2O6. The van der Waals surface area contributed by atoms with Crippen molar-refractivity contribution in [1.29, 1.82) is 0 Å². The Kier molecular flexibility index (Phi) is 6.53. The lowest BCUT2D eigenvalue weighted by Gasteiger charge is -2.18. The van der Waals surface area contributed by atoms with Gasteiger partial charge in [0.1, 0.15) is 12.4 Å². The van der Waals surface area contributed by atoms with E-state index in [1.807, 2.05) is 17.0 Å². The molecule has 1 aromatic carbocycles. The first kappa shape index (κ1) is 18.2. The molecule has 132 valence electrons. The summed E-state index contributed by atoms with van der Waals surface area (Å²) < 4.78 is 10.0. The number of hydrogen-bond donors (Lipinski definition) is 3. The number of nitrogens with one attached hydrogen (secondary N) is 1. The van der Waals surface area contributed by atoms with Gasteiger partial charge in [0.05, 0.1) is 12.1 Å². The van der Waals surface area contributed by atoms with Crippen LogP contribution >= 0.6 is 0 Å². The molecule has 8 nitrogen and oxygen atoms in total. The van der Waals surface area contributed by atoms with Crippen molar-refractivity contribution in [2.45, 2.75) is 18.7 Å². The van der Waals surface area contributed by atoms with E-state index in [1.54, 1.807) is 12.1 Å². The van der Waals surface area contributed by atoms with E-state index in [0.29, 0.717) is 25.4 Å². The summed E-state index contributed by atoms with van der Waals surface area (Å²) in [6.45, 7) is 0.934. The largest absolute Gasteiger partial charge is 0.482 e. The normalized spacial score (nSPS) is 20.8. The summed E-state index contributed by atoms with van der Waals surface area (Å²) in [4.78, 5) is 24.2. The second-order valence-corrected chi connectivity index (χ2v) is 5.66. The number of amides is 1. The number of carbonyl (C=O) groups is 2. The molecule has 0 radical (unpaired) electrons. The first-order chi connectivity index (χ1) is 11.5. The molecule has 1 heterocycles. The third-order valence-corrected chi connectivity index (χ3v) is 3.70. The molecule has 0 saturated carbocycles. The predicted octanol–water partition coefficient (Wildman–Crippen LogP) is -0.542. The van der Waals surface area contributed by atoms with E-state index in [1.165, 1.54) is 7.11 Å². The number of ether oxygens (including phenoxy) is 2. The molecule has 8 heteroatoms. The van der Waals surface area contributed by atoms with Crippen LogP contribution < -0.4 is 10.1 Å².